The highest BCUT2D eigenvalue weighted by atomic mass is 32.2. The van der Waals surface area contributed by atoms with Crippen molar-refractivity contribution in [3.63, 3.8) is 0 Å². The summed E-state index contributed by atoms with van der Waals surface area (Å²) in [6.45, 7) is 6.14. The van der Waals surface area contributed by atoms with Crippen LogP contribution in [-0.4, -0.2) is 18.2 Å². The van der Waals surface area contributed by atoms with Crippen LogP contribution in [0.15, 0.2) is 35.4 Å². The molecule has 0 saturated carbocycles. The number of nitrogens with zero attached hydrogens (tertiary/aromatic N) is 2. The van der Waals surface area contributed by atoms with Crippen LogP contribution < -0.4 is 4.74 Å². The summed E-state index contributed by atoms with van der Waals surface area (Å²) < 4.78 is 32.0. The molecule has 0 bridgehead atoms. The smallest absolute Gasteiger partial charge is 0.218 e. The van der Waals surface area contributed by atoms with Crippen molar-refractivity contribution >= 4 is 9.84 Å². The van der Waals surface area contributed by atoms with Gasteiger partial charge in [-0.3, -0.25) is 0 Å². The van der Waals surface area contributed by atoms with Gasteiger partial charge in [0.2, 0.25) is 15.7 Å². The van der Waals surface area contributed by atoms with E-state index in [1.165, 1.54) is 10.9 Å². The lowest BCUT2D eigenvalue weighted by Gasteiger charge is -2.20. The lowest BCUT2D eigenvalue weighted by Crippen LogP contribution is -2.14. The Balaban J connectivity index is 2.21. The topological polar surface area (TPSA) is 61.2 Å². The Bertz CT molecular complexity index is 770. The molecule has 2 aromatic rings. The molecule has 3 rings (SSSR count). The number of benzene rings is 1. The van der Waals surface area contributed by atoms with Gasteiger partial charge in [-0.2, -0.15) is 5.10 Å². The molecule has 0 atom stereocenters. The van der Waals surface area contributed by atoms with Gasteiger partial charge < -0.3 is 4.74 Å². The second-order valence-electron chi connectivity index (χ2n) is 5.93. The minimum atomic E-state index is -3.47. The molecule has 1 aromatic heterocycles. The van der Waals surface area contributed by atoms with Crippen LogP contribution in [0, 0.1) is 0 Å². The molecular weight excluding hydrogens is 276 g/mol. The minimum Gasteiger partial charge on any atom is -0.438 e. The summed E-state index contributed by atoms with van der Waals surface area (Å²) in [7, 11) is -3.47. The number of aromatic nitrogens is 2. The molecule has 0 saturated heterocycles. The summed E-state index contributed by atoms with van der Waals surface area (Å²) in [6.07, 6.45) is 1.53. The Morgan fingerprint density at radius 1 is 1.25 bits per heavy atom. The zero-order valence-corrected chi connectivity index (χ0v) is 12.4. The molecule has 106 valence electrons. The minimum absolute atomic E-state index is 0.121. The molecule has 0 unspecified atom stereocenters. The fraction of sp³-hybridized carbons (Fsp3) is 0.357. The molecule has 20 heavy (non-hydrogen) atoms. The molecule has 6 heteroatoms. The highest BCUT2D eigenvalue weighted by Gasteiger charge is 2.28. The molecule has 1 aliphatic rings. The van der Waals surface area contributed by atoms with Crippen molar-refractivity contribution < 1.29 is 13.2 Å². The lowest BCUT2D eigenvalue weighted by atomic mass is 9.87. The summed E-state index contributed by atoms with van der Waals surface area (Å²) in [6, 6.07) is 6.98. The summed E-state index contributed by atoms with van der Waals surface area (Å²) in [4.78, 5) is 0.232. The normalized spacial score (nSPS) is 16.8. The van der Waals surface area contributed by atoms with Gasteiger partial charge in [0.25, 0.3) is 0 Å². The number of rotatable bonds is 0. The van der Waals surface area contributed by atoms with Crippen molar-refractivity contribution in [1.29, 1.82) is 0 Å². The molecule has 0 spiro atoms. The standard InChI is InChI=1S/C14H16N2O3S/c1-14(2,3)10-4-5-11-12(8-10)20(17,18)9-16-13(19-11)6-7-15-16/h4-8H,9H2,1-3H3. The third kappa shape index (κ3) is 2.10. The summed E-state index contributed by atoms with van der Waals surface area (Å²) in [5.41, 5.74) is 0.840. The van der Waals surface area contributed by atoms with Crippen LogP contribution in [0.3, 0.4) is 0 Å². The summed E-state index contributed by atoms with van der Waals surface area (Å²) >= 11 is 0. The number of hydrogen-bond donors (Lipinski definition) is 0. The first kappa shape index (κ1) is 13.2. The van der Waals surface area contributed by atoms with Crippen LogP contribution in [0.4, 0.5) is 0 Å². The number of sulfone groups is 1. The van der Waals surface area contributed by atoms with Gasteiger partial charge in [0.1, 0.15) is 10.6 Å². The molecule has 1 aromatic carbocycles. The van der Waals surface area contributed by atoms with Crippen molar-refractivity contribution in [2.75, 3.05) is 0 Å². The third-order valence-corrected chi connectivity index (χ3v) is 4.90. The van der Waals surface area contributed by atoms with E-state index in [9.17, 15) is 8.42 Å². The molecular formula is C14H16N2O3S. The van der Waals surface area contributed by atoms with Gasteiger partial charge in [-0.15, -0.1) is 0 Å². The van der Waals surface area contributed by atoms with Crippen molar-refractivity contribution in [2.24, 2.45) is 0 Å². The lowest BCUT2D eigenvalue weighted by molar-refractivity contribution is 0.424. The van der Waals surface area contributed by atoms with Gasteiger partial charge in [-0.25, -0.2) is 13.1 Å². The van der Waals surface area contributed by atoms with E-state index in [1.807, 2.05) is 26.8 Å². The van der Waals surface area contributed by atoms with Gasteiger partial charge in [-0.05, 0) is 23.1 Å². The number of fused-ring (bicyclic) bond motifs is 2. The average Bonchev–Trinajstić information content (AvgIpc) is 2.70. The summed E-state index contributed by atoms with van der Waals surface area (Å²) in [5.74, 6) is 0.601. The van der Waals surface area contributed by atoms with Gasteiger partial charge in [0.05, 0.1) is 6.20 Å². The molecule has 1 aliphatic heterocycles. The third-order valence-electron chi connectivity index (χ3n) is 3.33. The van der Waals surface area contributed by atoms with Crippen LogP contribution in [0.25, 0.3) is 0 Å². The SMILES string of the molecule is CC(C)(C)c1ccc2c(c1)S(=O)(=O)Cn1nccc1O2. The van der Waals surface area contributed by atoms with Crippen LogP contribution in [-0.2, 0) is 21.1 Å². The molecule has 0 aliphatic carbocycles. The first-order valence-electron chi connectivity index (χ1n) is 6.34. The Kier molecular flexibility index (Phi) is 2.69. The van der Waals surface area contributed by atoms with Crippen molar-refractivity contribution in [2.45, 2.75) is 37.0 Å². The van der Waals surface area contributed by atoms with E-state index in [-0.39, 0.29) is 16.2 Å². The van der Waals surface area contributed by atoms with E-state index in [1.54, 1.807) is 18.2 Å². The zero-order chi connectivity index (χ0) is 14.5. The first-order valence-corrected chi connectivity index (χ1v) is 7.99. The largest absolute Gasteiger partial charge is 0.438 e. The quantitative estimate of drug-likeness (QED) is 0.749. The Labute approximate surface area is 118 Å². The first-order chi connectivity index (χ1) is 9.27. The van der Waals surface area contributed by atoms with Crippen molar-refractivity contribution in [3.05, 3.63) is 36.0 Å². The van der Waals surface area contributed by atoms with E-state index in [0.29, 0.717) is 11.6 Å². The monoisotopic (exact) mass is 292 g/mol. The maximum Gasteiger partial charge on any atom is 0.218 e. The number of ether oxygens (including phenoxy) is 1. The van der Waals surface area contributed by atoms with Gasteiger partial charge in [-0.1, -0.05) is 26.8 Å². The van der Waals surface area contributed by atoms with Crippen LogP contribution >= 0.6 is 0 Å². The van der Waals surface area contributed by atoms with Gasteiger partial charge in [0, 0.05) is 6.07 Å². The van der Waals surface area contributed by atoms with Crippen LogP contribution in [0.2, 0.25) is 0 Å². The maximum atomic E-state index is 12.5. The van der Waals surface area contributed by atoms with E-state index in [0.717, 1.165) is 5.56 Å². The molecule has 0 fully saturated rings. The fourth-order valence-corrected chi connectivity index (χ4v) is 3.53. The maximum absolute atomic E-state index is 12.5. The predicted octanol–water partition coefficient (Wildman–Crippen LogP) is 2.72. The molecule has 2 heterocycles. The fourth-order valence-electron chi connectivity index (χ4n) is 2.15. The predicted molar refractivity (Wildman–Crippen MR) is 74.6 cm³/mol. The van der Waals surface area contributed by atoms with Gasteiger partial charge >= 0.3 is 0 Å². The van der Waals surface area contributed by atoms with Crippen molar-refractivity contribution in [1.82, 2.24) is 9.78 Å². The second-order valence-corrected chi connectivity index (χ2v) is 7.85. The molecule has 5 nitrogen and oxygen atoms in total. The van der Waals surface area contributed by atoms with Crippen molar-refractivity contribution in [3.8, 4) is 11.6 Å². The van der Waals surface area contributed by atoms with E-state index in [4.69, 9.17) is 4.74 Å². The second kappa shape index (κ2) is 4.09. The van der Waals surface area contributed by atoms with Crippen LogP contribution in [0.5, 0.6) is 11.6 Å². The number of hydrogen-bond acceptors (Lipinski definition) is 4. The molecule has 0 N–H and O–H groups in total. The molecule has 0 radical (unpaired) electrons. The van der Waals surface area contributed by atoms with E-state index >= 15 is 0 Å². The zero-order valence-electron chi connectivity index (χ0n) is 11.6. The highest BCUT2D eigenvalue weighted by molar-refractivity contribution is 7.90. The Morgan fingerprint density at radius 3 is 2.70 bits per heavy atom. The highest BCUT2D eigenvalue weighted by Crippen LogP contribution is 2.36. The van der Waals surface area contributed by atoms with Gasteiger partial charge in [0.15, 0.2) is 5.88 Å². The molecule has 0 amide bonds. The average molecular weight is 292 g/mol. The summed E-state index contributed by atoms with van der Waals surface area (Å²) in [5, 5.41) is 3.98. The van der Waals surface area contributed by atoms with Crippen LogP contribution in [0.1, 0.15) is 26.3 Å². The Hall–Kier alpha value is -1.82. The van der Waals surface area contributed by atoms with E-state index in [2.05, 4.69) is 5.10 Å². The Morgan fingerprint density at radius 2 is 2.00 bits per heavy atom. The van der Waals surface area contributed by atoms with E-state index < -0.39 is 9.84 Å².